The van der Waals surface area contributed by atoms with Gasteiger partial charge >= 0.3 is 18.2 Å². The number of hydrogen-bond donors (Lipinski definition) is 5. The maximum atomic E-state index is 12.9. The Hall–Kier alpha value is -4.63. The van der Waals surface area contributed by atoms with E-state index in [0.717, 1.165) is 5.56 Å². The van der Waals surface area contributed by atoms with Crippen LogP contribution >= 0.6 is 0 Å². The van der Waals surface area contributed by atoms with Crippen LogP contribution in [0.1, 0.15) is 39.2 Å². The van der Waals surface area contributed by atoms with Crippen molar-refractivity contribution in [2.24, 2.45) is 0 Å². The van der Waals surface area contributed by atoms with Crippen molar-refractivity contribution in [2.45, 2.75) is 61.7 Å². The summed E-state index contributed by atoms with van der Waals surface area (Å²) in [5.41, 5.74) is 1.29. The highest BCUT2D eigenvalue weighted by Crippen LogP contribution is 2.23. The van der Waals surface area contributed by atoms with Crippen molar-refractivity contribution in [1.29, 1.82) is 0 Å². The molecule has 19 heteroatoms. The first-order valence-electron chi connectivity index (χ1n) is 18.2. The van der Waals surface area contributed by atoms with Gasteiger partial charge in [-0.2, -0.15) is 4.72 Å². The summed E-state index contributed by atoms with van der Waals surface area (Å²) in [6, 6.07) is 19.3. The van der Waals surface area contributed by atoms with Gasteiger partial charge in [0.2, 0.25) is 20.0 Å². The van der Waals surface area contributed by atoms with Crippen LogP contribution in [0, 0.1) is 0 Å². The van der Waals surface area contributed by atoms with Gasteiger partial charge in [0.15, 0.2) is 0 Å². The Bertz CT molecular complexity index is 1910. The standard InChI is InChI=1S/C38H52N4O13S2/c1-38(2,3)55-37(46)40-27-34(35(43)44)42-57(49,50)33-17-13-31(14-18-33)30-11-15-32(16-12-30)56(47,48)41-20-8-22-52-24-26-53-25-23-51-21-7-19-39-36(45)54-28-29-9-5-4-6-10-29/h4-6,9-18,34,41-42H,7-8,19-28H2,1-3H3,(H,39,45)(H,40,46)(H,43,44). The summed E-state index contributed by atoms with van der Waals surface area (Å²) in [6.07, 6.45) is -0.308. The van der Waals surface area contributed by atoms with Gasteiger partial charge in [-0.15, -0.1) is 0 Å². The van der Waals surface area contributed by atoms with Crippen LogP contribution in [-0.4, -0.2) is 111 Å². The third-order valence-corrected chi connectivity index (χ3v) is 10.5. The largest absolute Gasteiger partial charge is 0.480 e. The second kappa shape index (κ2) is 23.6. The zero-order valence-electron chi connectivity index (χ0n) is 32.2. The zero-order chi connectivity index (χ0) is 41.7. The van der Waals surface area contributed by atoms with Gasteiger partial charge in [-0.3, -0.25) is 4.79 Å². The van der Waals surface area contributed by atoms with Crippen LogP contribution in [0.25, 0.3) is 11.1 Å². The van der Waals surface area contributed by atoms with Gasteiger partial charge < -0.3 is 39.4 Å². The smallest absolute Gasteiger partial charge is 0.407 e. The average Bonchev–Trinajstić information content (AvgIpc) is 3.17. The number of aliphatic carboxylic acids is 1. The van der Waals surface area contributed by atoms with Gasteiger partial charge in [0.1, 0.15) is 18.2 Å². The lowest BCUT2D eigenvalue weighted by atomic mass is 10.1. The molecule has 0 aliphatic heterocycles. The topological polar surface area (TPSA) is 234 Å². The lowest BCUT2D eigenvalue weighted by molar-refractivity contribution is -0.138. The molecule has 0 heterocycles. The Balaban J connectivity index is 1.27. The summed E-state index contributed by atoms with van der Waals surface area (Å²) < 4.78 is 82.6. The molecule has 0 radical (unpaired) electrons. The Morgan fingerprint density at radius 2 is 1.16 bits per heavy atom. The van der Waals surface area contributed by atoms with E-state index >= 15 is 0 Å². The highest BCUT2D eigenvalue weighted by molar-refractivity contribution is 7.89. The molecule has 0 fully saturated rings. The number of carboxylic acid groups (broad SMARTS) is 1. The highest BCUT2D eigenvalue weighted by atomic mass is 32.2. The summed E-state index contributed by atoms with van der Waals surface area (Å²) >= 11 is 0. The van der Waals surface area contributed by atoms with Crippen LogP contribution in [0.2, 0.25) is 0 Å². The molecule has 0 saturated carbocycles. The summed E-state index contributed by atoms with van der Waals surface area (Å²) in [5.74, 6) is -1.50. The molecular weight excluding hydrogens is 785 g/mol. The molecule has 3 aromatic carbocycles. The molecule has 0 aliphatic rings. The van der Waals surface area contributed by atoms with E-state index in [9.17, 15) is 36.3 Å². The molecule has 3 rings (SSSR count). The quantitative estimate of drug-likeness (QED) is 0.0768. The number of rotatable bonds is 25. The molecular formula is C38H52N4O13S2. The number of benzene rings is 3. The molecule has 2 amide bonds. The third kappa shape index (κ3) is 18.5. The van der Waals surface area contributed by atoms with Crippen molar-refractivity contribution < 1.29 is 60.0 Å². The normalized spacial score (nSPS) is 12.4. The van der Waals surface area contributed by atoms with Crippen LogP contribution in [0.4, 0.5) is 9.59 Å². The third-order valence-electron chi connectivity index (χ3n) is 7.56. The number of carboxylic acids is 1. The molecule has 0 aromatic heterocycles. The van der Waals surface area contributed by atoms with Crippen molar-refractivity contribution >= 4 is 38.2 Å². The zero-order valence-corrected chi connectivity index (χ0v) is 33.9. The van der Waals surface area contributed by atoms with E-state index in [0.29, 0.717) is 70.2 Å². The number of carbonyl (C=O) groups excluding carboxylic acids is 2. The van der Waals surface area contributed by atoms with E-state index in [1.54, 1.807) is 32.9 Å². The molecule has 17 nitrogen and oxygen atoms in total. The number of nitrogens with one attached hydrogen (secondary N) is 4. The lowest BCUT2D eigenvalue weighted by Crippen LogP contribution is -2.49. The fourth-order valence-electron chi connectivity index (χ4n) is 4.73. The Morgan fingerprint density at radius 3 is 1.68 bits per heavy atom. The molecule has 0 saturated heterocycles. The maximum Gasteiger partial charge on any atom is 0.407 e. The van der Waals surface area contributed by atoms with Crippen LogP contribution in [0.5, 0.6) is 0 Å². The second-order valence-corrected chi connectivity index (χ2v) is 16.9. The first-order chi connectivity index (χ1) is 27.1. The van der Waals surface area contributed by atoms with E-state index in [2.05, 4.69) is 20.1 Å². The van der Waals surface area contributed by atoms with Crippen LogP contribution in [0.15, 0.2) is 88.7 Å². The molecule has 1 atom stereocenters. The van der Waals surface area contributed by atoms with E-state index in [1.165, 1.54) is 36.4 Å². The lowest BCUT2D eigenvalue weighted by Gasteiger charge is -2.21. The first kappa shape index (κ1) is 46.8. The van der Waals surface area contributed by atoms with Crippen molar-refractivity contribution in [3.8, 4) is 11.1 Å². The Labute approximate surface area is 333 Å². The summed E-state index contributed by atoms with van der Waals surface area (Å²) in [6.45, 7) is 7.38. The van der Waals surface area contributed by atoms with Crippen molar-refractivity contribution in [3.63, 3.8) is 0 Å². The minimum atomic E-state index is -4.29. The van der Waals surface area contributed by atoms with Gasteiger partial charge in [0, 0.05) is 32.8 Å². The van der Waals surface area contributed by atoms with E-state index in [1.807, 2.05) is 30.3 Å². The first-order valence-corrected chi connectivity index (χ1v) is 21.1. The molecule has 3 aromatic rings. The van der Waals surface area contributed by atoms with E-state index < -0.39 is 56.4 Å². The van der Waals surface area contributed by atoms with Gasteiger partial charge in [-0.05, 0) is 74.6 Å². The summed E-state index contributed by atoms with van der Waals surface area (Å²) in [5, 5.41) is 14.4. The van der Waals surface area contributed by atoms with Gasteiger partial charge in [-0.25, -0.2) is 31.1 Å². The van der Waals surface area contributed by atoms with Gasteiger partial charge in [-0.1, -0.05) is 54.6 Å². The highest BCUT2D eigenvalue weighted by Gasteiger charge is 2.27. The van der Waals surface area contributed by atoms with E-state index in [-0.39, 0.29) is 22.9 Å². The summed E-state index contributed by atoms with van der Waals surface area (Å²) in [4.78, 5) is 35.1. The summed E-state index contributed by atoms with van der Waals surface area (Å²) in [7, 11) is -8.09. The van der Waals surface area contributed by atoms with Gasteiger partial charge in [0.05, 0.1) is 36.2 Å². The van der Waals surface area contributed by atoms with Gasteiger partial charge in [0.25, 0.3) is 0 Å². The number of sulfonamides is 2. The minimum Gasteiger partial charge on any atom is -0.480 e. The molecule has 57 heavy (non-hydrogen) atoms. The number of amides is 2. The molecule has 0 bridgehead atoms. The van der Waals surface area contributed by atoms with Crippen molar-refractivity contribution in [1.82, 2.24) is 20.1 Å². The number of ether oxygens (including phenoxy) is 5. The van der Waals surface area contributed by atoms with Crippen molar-refractivity contribution in [3.05, 3.63) is 84.4 Å². The second-order valence-electron chi connectivity index (χ2n) is 13.4. The molecule has 314 valence electrons. The maximum absolute atomic E-state index is 12.9. The Kier molecular flexibility index (Phi) is 19.3. The predicted molar refractivity (Wildman–Crippen MR) is 209 cm³/mol. The number of carbonyl (C=O) groups is 3. The molecule has 5 N–H and O–H groups in total. The van der Waals surface area contributed by atoms with Crippen molar-refractivity contribution in [2.75, 3.05) is 59.3 Å². The Morgan fingerprint density at radius 1 is 0.649 bits per heavy atom. The monoisotopic (exact) mass is 836 g/mol. The average molecular weight is 837 g/mol. The SMILES string of the molecule is CC(C)(C)OC(=O)NCC(NS(=O)(=O)c1ccc(-c2ccc(S(=O)(=O)NCCCOCCOCCOCCCNC(=O)OCc3ccccc3)cc2)cc1)C(=O)O. The number of alkyl carbamates (subject to hydrolysis) is 2. The fraction of sp³-hybridized carbons (Fsp3) is 0.447. The fourth-order valence-corrected chi connectivity index (χ4v) is 7.00. The van der Waals surface area contributed by atoms with Crippen LogP contribution in [0.3, 0.4) is 0 Å². The minimum absolute atomic E-state index is 0.0449. The van der Waals surface area contributed by atoms with Crippen LogP contribution < -0.4 is 20.1 Å². The number of hydrogen-bond acceptors (Lipinski definition) is 12. The molecule has 0 aliphatic carbocycles. The predicted octanol–water partition coefficient (Wildman–Crippen LogP) is 3.64. The molecule has 0 spiro atoms. The van der Waals surface area contributed by atoms with E-state index in [4.69, 9.17) is 23.7 Å². The molecule has 1 unspecified atom stereocenters. The van der Waals surface area contributed by atoms with Crippen LogP contribution in [-0.2, 0) is 55.1 Å².